The fourth-order valence-corrected chi connectivity index (χ4v) is 4.98. The molecular formula is C19H20N2O4S. The number of carbonyl (C=O) groups is 1. The molecule has 136 valence electrons. The molecule has 0 radical (unpaired) electrons. The van der Waals surface area contributed by atoms with E-state index in [0.29, 0.717) is 17.2 Å². The van der Waals surface area contributed by atoms with Crippen LogP contribution in [0.3, 0.4) is 0 Å². The van der Waals surface area contributed by atoms with Crippen LogP contribution in [0.5, 0.6) is 11.5 Å². The Morgan fingerprint density at radius 2 is 1.81 bits per heavy atom. The van der Waals surface area contributed by atoms with Crippen molar-refractivity contribution in [3.8, 4) is 11.5 Å². The topological polar surface area (TPSA) is 75.7 Å². The van der Waals surface area contributed by atoms with Crippen molar-refractivity contribution in [2.45, 2.75) is 36.6 Å². The second kappa shape index (κ2) is 6.41. The van der Waals surface area contributed by atoms with Gasteiger partial charge in [0.1, 0.15) is 5.75 Å². The molecule has 6 nitrogen and oxygen atoms in total. The van der Waals surface area contributed by atoms with E-state index >= 15 is 0 Å². The van der Waals surface area contributed by atoms with E-state index in [4.69, 9.17) is 4.74 Å². The Kier molecular flexibility index (Phi) is 4.20. The molecule has 2 aromatic rings. The number of amides is 1. The molecule has 0 spiro atoms. The lowest BCUT2D eigenvalue weighted by Gasteiger charge is -2.24. The second-order valence-electron chi connectivity index (χ2n) is 6.67. The quantitative estimate of drug-likeness (QED) is 0.893. The van der Waals surface area contributed by atoms with E-state index in [0.717, 1.165) is 25.7 Å². The first kappa shape index (κ1) is 17.1. The number of para-hydroxylation sites is 2. The number of sulfonamides is 1. The SMILES string of the molecule is CN(C1CCCC1)S(=O)(=O)c1ccc2c(c1)C(=O)Nc1ccccc1O2. The summed E-state index contributed by atoms with van der Waals surface area (Å²) in [5.74, 6) is 0.485. The zero-order chi connectivity index (χ0) is 18.3. The fourth-order valence-electron chi connectivity index (χ4n) is 3.53. The number of benzene rings is 2. The van der Waals surface area contributed by atoms with Crippen LogP contribution in [0.15, 0.2) is 47.4 Å². The van der Waals surface area contributed by atoms with E-state index < -0.39 is 10.0 Å². The maximum atomic E-state index is 13.0. The van der Waals surface area contributed by atoms with Gasteiger partial charge < -0.3 is 10.1 Å². The number of ether oxygens (including phenoxy) is 1. The van der Waals surface area contributed by atoms with Crippen LogP contribution in [0.1, 0.15) is 36.0 Å². The molecule has 1 fully saturated rings. The van der Waals surface area contributed by atoms with Crippen molar-refractivity contribution >= 4 is 21.6 Å². The van der Waals surface area contributed by atoms with Gasteiger partial charge in [0.15, 0.2) is 5.75 Å². The van der Waals surface area contributed by atoms with Gasteiger partial charge in [0.25, 0.3) is 5.91 Å². The molecule has 1 aliphatic carbocycles. The van der Waals surface area contributed by atoms with Gasteiger partial charge in [-0.3, -0.25) is 4.79 Å². The number of nitrogens with zero attached hydrogens (tertiary/aromatic N) is 1. The Bertz CT molecular complexity index is 965. The van der Waals surface area contributed by atoms with E-state index in [2.05, 4.69) is 5.32 Å². The van der Waals surface area contributed by atoms with E-state index in [1.54, 1.807) is 31.3 Å². The van der Waals surface area contributed by atoms with Gasteiger partial charge in [0, 0.05) is 13.1 Å². The van der Waals surface area contributed by atoms with Crippen molar-refractivity contribution in [1.29, 1.82) is 0 Å². The van der Waals surface area contributed by atoms with E-state index in [1.807, 2.05) is 6.07 Å². The van der Waals surface area contributed by atoms with Crippen molar-refractivity contribution in [1.82, 2.24) is 4.31 Å². The number of carbonyl (C=O) groups excluding carboxylic acids is 1. The maximum Gasteiger partial charge on any atom is 0.259 e. The van der Waals surface area contributed by atoms with Crippen LogP contribution in [-0.2, 0) is 10.0 Å². The normalized spacial score (nSPS) is 17.2. The van der Waals surface area contributed by atoms with Gasteiger partial charge in [0.05, 0.1) is 16.1 Å². The van der Waals surface area contributed by atoms with Crippen LogP contribution in [-0.4, -0.2) is 31.7 Å². The smallest absolute Gasteiger partial charge is 0.259 e. The van der Waals surface area contributed by atoms with Gasteiger partial charge in [-0.25, -0.2) is 8.42 Å². The van der Waals surface area contributed by atoms with Gasteiger partial charge in [-0.1, -0.05) is 25.0 Å². The third kappa shape index (κ3) is 2.87. The van der Waals surface area contributed by atoms with Crippen LogP contribution in [0.25, 0.3) is 0 Å². The third-order valence-electron chi connectivity index (χ3n) is 5.07. The molecule has 7 heteroatoms. The standard InChI is InChI=1S/C19H20N2O4S/c1-21(13-6-2-3-7-13)26(23,24)14-10-11-17-15(12-14)19(22)20-16-8-4-5-9-18(16)25-17/h4-5,8-13H,2-3,6-7H2,1H3,(H,20,22). The Balaban J connectivity index is 1.71. The lowest BCUT2D eigenvalue weighted by Crippen LogP contribution is -2.35. The lowest BCUT2D eigenvalue weighted by atomic mass is 10.2. The first-order chi connectivity index (χ1) is 12.5. The minimum Gasteiger partial charge on any atom is -0.454 e. The zero-order valence-corrected chi connectivity index (χ0v) is 15.3. The monoisotopic (exact) mass is 372 g/mol. The molecule has 2 aromatic carbocycles. The molecule has 0 atom stereocenters. The predicted molar refractivity (Wildman–Crippen MR) is 98.1 cm³/mol. The number of hydrogen-bond acceptors (Lipinski definition) is 4. The summed E-state index contributed by atoms with van der Waals surface area (Å²) in [7, 11) is -2.05. The number of rotatable bonds is 3. The molecule has 1 aliphatic heterocycles. The number of nitrogens with one attached hydrogen (secondary N) is 1. The van der Waals surface area contributed by atoms with Crippen molar-refractivity contribution in [2.24, 2.45) is 0 Å². The van der Waals surface area contributed by atoms with Gasteiger partial charge in [-0.15, -0.1) is 0 Å². The highest BCUT2D eigenvalue weighted by atomic mass is 32.2. The van der Waals surface area contributed by atoms with Crippen LogP contribution in [0, 0.1) is 0 Å². The van der Waals surface area contributed by atoms with E-state index in [1.165, 1.54) is 16.4 Å². The molecule has 0 saturated heterocycles. The maximum absolute atomic E-state index is 13.0. The van der Waals surface area contributed by atoms with E-state index in [-0.39, 0.29) is 22.4 Å². The lowest BCUT2D eigenvalue weighted by molar-refractivity contribution is 0.102. The summed E-state index contributed by atoms with van der Waals surface area (Å²) in [6.07, 6.45) is 3.84. The molecule has 2 aliphatic rings. The fraction of sp³-hybridized carbons (Fsp3) is 0.316. The summed E-state index contributed by atoms with van der Waals surface area (Å²) in [4.78, 5) is 12.7. The number of hydrogen-bond donors (Lipinski definition) is 1. The largest absolute Gasteiger partial charge is 0.454 e. The van der Waals surface area contributed by atoms with Gasteiger partial charge in [-0.05, 0) is 43.2 Å². The molecule has 0 aromatic heterocycles. The average Bonchev–Trinajstić information content (AvgIpc) is 3.12. The molecule has 0 bridgehead atoms. The molecule has 1 saturated carbocycles. The first-order valence-electron chi connectivity index (χ1n) is 8.67. The number of fused-ring (bicyclic) bond motifs is 2. The molecule has 1 heterocycles. The van der Waals surface area contributed by atoms with Gasteiger partial charge in [0.2, 0.25) is 10.0 Å². The summed E-state index contributed by atoms with van der Waals surface area (Å²) in [6, 6.07) is 11.6. The summed E-state index contributed by atoms with van der Waals surface area (Å²) < 4.78 is 33.2. The predicted octanol–water partition coefficient (Wildman–Crippen LogP) is 3.61. The van der Waals surface area contributed by atoms with Crippen LogP contribution in [0.2, 0.25) is 0 Å². The van der Waals surface area contributed by atoms with Gasteiger partial charge in [-0.2, -0.15) is 4.31 Å². The Morgan fingerprint density at radius 1 is 1.08 bits per heavy atom. The minimum atomic E-state index is -3.66. The molecule has 26 heavy (non-hydrogen) atoms. The highest BCUT2D eigenvalue weighted by Gasteiger charge is 2.31. The summed E-state index contributed by atoms with van der Waals surface area (Å²) in [5, 5.41) is 2.77. The van der Waals surface area contributed by atoms with Crippen LogP contribution >= 0.6 is 0 Å². The highest BCUT2D eigenvalue weighted by Crippen LogP contribution is 2.37. The summed E-state index contributed by atoms with van der Waals surface area (Å²) >= 11 is 0. The van der Waals surface area contributed by atoms with E-state index in [9.17, 15) is 13.2 Å². The summed E-state index contributed by atoms with van der Waals surface area (Å²) in [5.41, 5.74) is 0.767. The van der Waals surface area contributed by atoms with Crippen LogP contribution < -0.4 is 10.1 Å². The molecular weight excluding hydrogens is 352 g/mol. The van der Waals surface area contributed by atoms with Crippen molar-refractivity contribution < 1.29 is 17.9 Å². The Morgan fingerprint density at radius 3 is 2.58 bits per heavy atom. The average molecular weight is 372 g/mol. The Hall–Kier alpha value is -2.38. The van der Waals surface area contributed by atoms with Crippen molar-refractivity contribution in [2.75, 3.05) is 12.4 Å². The second-order valence-corrected chi connectivity index (χ2v) is 8.67. The number of anilines is 1. The van der Waals surface area contributed by atoms with Crippen molar-refractivity contribution in [3.05, 3.63) is 48.0 Å². The molecule has 4 rings (SSSR count). The molecule has 0 unspecified atom stereocenters. The molecule has 1 amide bonds. The van der Waals surface area contributed by atoms with Gasteiger partial charge >= 0.3 is 0 Å². The highest BCUT2D eigenvalue weighted by molar-refractivity contribution is 7.89. The first-order valence-corrected chi connectivity index (χ1v) is 10.1. The minimum absolute atomic E-state index is 0.0214. The zero-order valence-electron chi connectivity index (χ0n) is 14.4. The van der Waals surface area contributed by atoms with Crippen molar-refractivity contribution in [3.63, 3.8) is 0 Å². The molecule has 1 N–H and O–H groups in total. The Labute approximate surface area is 152 Å². The third-order valence-corrected chi connectivity index (χ3v) is 6.97. The summed E-state index contributed by atoms with van der Waals surface area (Å²) in [6.45, 7) is 0. The van der Waals surface area contributed by atoms with Crippen LogP contribution in [0.4, 0.5) is 5.69 Å².